The molecule has 128 valence electrons. The molecule has 2 heterocycles. The summed E-state index contributed by atoms with van der Waals surface area (Å²) in [5.74, 6) is -1.74. The van der Waals surface area contributed by atoms with Gasteiger partial charge in [-0.1, -0.05) is 0 Å². The molecule has 1 aromatic rings. The number of hydrogen-bond donors (Lipinski definition) is 4. The third-order valence-electron chi connectivity index (χ3n) is 3.23. The Kier molecular flexibility index (Phi) is 5.40. The highest BCUT2D eigenvalue weighted by Crippen LogP contribution is 2.34. The largest absolute Gasteiger partial charge is 0.478 e. The standard InChI is InChI=1S/C13H19N3O5S2/c1-7(2)16-10(17)6-15-23(20,21)13-11(12(18)19)8-3-4-14-5-9(8)22-13/h7,14-15H,3-6H2,1-2H3,(H,16,17)(H,18,19). The van der Waals surface area contributed by atoms with E-state index in [1.807, 2.05) is 0 Å². The molecule has 0 spiro atoms. The first-order valence-electron chi connectivity index (χ1n) is 7.10. The van der Waals surface area contributed by atoms with Crippen molar-refractivity contribution in [1.82, 2.24) is 15.4 Å². The van der Waals surface area contributed by atoms with Gasteiger partial charge in [0.1, 0.15) is 4.21 Å². The number of carbonyl (C=O) groups excluding carboxylic acids is 1. The lowest BCUT2D eigenvalue weighted by Crippen LogP contribution is -2.39. The molecular formula is C13H19N3O5S2. The molecule has 8 nitrogen and oxygen atoms in total. The molecule has 0 unspecified atom stereocenters. The first-order valence-corrected chi connectivity index (χ1v) is 9.40. The van der Waals surface area contributed by atoms with Gasteiger partial charge in [-0.2, -0.15) is 0 Å². The van der Waals surface area contributed by atoms with Crippen molar-refractivity contribution in [2.24, 2.45) is 0 Å². The van der Waals surface area contributed by atoms with Crippen LogP contribution in [-0.4, -0.2) is 44.5 Å². The average molecular weight is 361 g/mol. The van der Waals surface area contributed by atoms with Crippen molar-refractivity contribution in [3.05, 3.63) is 16.0 Å². The molecule has 0 aromatic carbocycles. The molecule has 0 aliphatic carbocycles. The third kappa shape index (κ3) is 4.08. The zero-order valence-electron chi connectivity index (χ0n) is 12.8. The van der Waals surface area contributed by atoms with E-state index in [9.17, 15) is 23.1 Å². The molecule has 0 saturated heterocycles. The monoisotopic (exact) mass is 361 g/mol. The fourth-order valence-electron chi connectivity index (χ4n) is 2.31. The van der Waals surface area contributed by atoms with E-state index < -0.39 is 28.4 Å². The van der Waals surface area contributed by atoms with E-state index in [1.54, 1.807) is 13.8 Å². The summed E-state index contributed by atoms with van der Waals surface area (Å²) in [5.41, 5.74) is 0.386. The normalized spacial score (nSPS) is 14.6. The summed E-state index contributed by atoms with van der Waals surface area (Å²) in [4.78, 5) is 23.8. The van der Waals surface area contributed by atoms with Crippen molar-refractivity contribution in [3.63, 3.8) is 0 Å². The quantitative estimate of drug-likeness (QED) is 0.561. The number of rotatable bonds is 6. The summed E-state index contributed by atoms with van der Waals surface area (Å²) in [7, 11) is -4.06. The number of carbonyl (C=O) groups is 2. The molecular weight excluding hydrogens is 342 g/mol. The maximum absolute atomic E-state index is 12.4. The van der Waals surface area contributed by atoms with Gasteiger partial charge in [0.05, 0.1) is 12.1 Å². The fraction of sp³-hybridized carbons (Fsp3) is 0.538. The lowest BCUT2D eigenvalue weighted by Gasteiger charge is -2.12. The van der Waals surface area contributed by atoms with Crippen molar-refractivity contribution in [2.75, 3.05) is 13.1 Å². The molecule has 0 saturated carbocycles. The predicted octanol–water partition coefficient (Wildman–Crippen LogP) is -0.105. The Morgan fingerprint density at radius 1 is 1.39 bits per heavy atom. The number of amides is 1. The van der Waals surface area contributed by atoms with Gasteiger partial charge in [-0.3, -0.25) is 4.79 Å². The molecule has 0 atom stereocenters. The minimum Gasteiger partial charge on any atom is -0.478 e. The van der Waals surface area contributed by atoms with Crippen molar-refractivity contribution < 1.29 is 23.1 Å². The van der Waals surface area contributed by atoms with E-state index in [0.29, 0.717) is 30.0 Å². The number of hydrogen-bond acceptors (Lipinski definition) is 6. The molecule has 23 heavy (non-hydrogen) atoms. The van der Waals surface area contributed by atoms with Gasteiger partial charge in [0.15, 0.2) is 0 Å². The van der Waals surface area contributed by atoms with E-state index >= 15 is 0 Å². The Morgan fingerprint density at radius 2 is 2.09 bits per heavy atom. The minimum absolute atomic E-state index is 0.110. The van der Waals surface area contributed by atoms with Crippen LogP contribution in [0.2, 0.25) is 0 Å². The Labute approximate surface area is 138 Å². The van der Waals surface area contributed by atoms with Gasteiger partial charge in [0.25, 0.3) is 10.0 Å². The molecule has 4 N–H and O–H groups in total. The Bertz CT molecular complexity index is 724. The van der Waals surface area contributed by atoms with Gasteiger partial charge < -0.3 is 15.7 Å². The van der Waals surface area contributed by atoms with Gasteiger partial charge in [0, 0.05) is 17.5 Å². The van der Waals surface area contributed by atoms with Crippen LogP contribution in [0.3, 0.4) is 0 Å². The van der Waals surface area contributed by atoms with Crippen LogP contribution in [-0.2, 0) is 27.8 Å². The summed E-state index contributed by atoms with van der Waals surface area (Å²) in [6, 6.07) is -0.110. The smallest absolute Gasteiger partial charge is 0.338 e. The lowest BCUT2D eigenvalue weighted by atomic mass is 10.1. The van der Waals surface area contributed by atoms with E-state index in [4.69, 9.17) is 0 Å². The van der Waals surface area contributed by atoms with E-state index in [1.165, 1.54) is 0 Å². The summed E-state index contributed by atoms with van der Waals surface area (Å²) >= 11 is 0.937. The first-order chi connectivity index (χ1) is 10.7. The summed E-state index contributed by atoms with van der Waals surface area (Å²) in [6.45, 7) is 4.14. The molecule has 1 aliphatic rings. The number of sulfonamides is 1. The highest BCUT2D eigenvalue weighted by molar-refractivity contribution is 7.91. The molecule has 0 radical (unpaired) electrons. The number of carboxylic acids is 1. The SMILES string of the molecule is CC(C)NC(=O)CNS(=O)(=O)c1sc2c(c1C(=O)O)CCNC2. The van der Waals surface area contributed by atoms with Crippen LogP contribution in [0.1, 0.15) is 34.6 Å². The van der Waals surface area contributed by atoms with E-state index in [-0.39, 0.29) is 15.8 Å². The zero-order valence-corrected chi connectivity index (χ0v) is 14.4. The van der Waals surface area contributed by atoms with Gasteiger partial charge in [-0.05, 0) is 32.4 Å². The Hall–Kier alpha value is -1.49. The van der Waals surface area contributed by atoms with Crippen LogP contribution >= 0.6 is 11.3 Å². The summed E-state index contributed by atoms with van der Waals surface area (Å²) in [6.07, 6.45) is 0.469. The third-order valence-corrected chi connectivity index (χ3v) is 6.38. The number of carboxylic acid groups (broad SMARTS) is 1. The van der Waals surface area contributed by atoms with Crippen molar-refractivity contribution in [1.29, 1.82) is 0 Å². The number of nitrogens with one attached hydrogen (secondary N) is 3. The van der Waals surface area contributed by atoms with Gasteiger partial charge in [-0.25, -0.2) is 17.9 Å². The van der Waals surface area contributed by atoms with Crippen LogP contribution in [0.25, 0.3) is 0 Å². The number of aromatic carboxylic acids is 1. The highest BCUT2D eigenvalue weighted by atomic mass is 32.2. The predicted molar refractivity (Wildman–Crippen MR) is 85.2 cm³/mol. The number of fused-ring (bicyclic) bond motifs is 1. The molecule has 2 rings (SSSR count). The second kappa shape index (κ2) is 6.95. The maximum atomic E-state index is 12.4. The summed E-state index contributed by atoms with van der Waals surface area (Å²) < 4.78 is 26.7. The minimum atomic E-state index is -4.06. The van der Waals surface area contributed by atoms with Crippen LogP contribution in [0.5, 0.6) is 0 Å². The maximum Gasteiger partial charge on any atom is 0.338 e. The highest BCUT2D eigenvalue weighted by Gasteiger charge is 2.32. The molecule has 1 amide bonds. The van der Waals surface area contributed by atoms with Gasteiger partial charge >= 0.3 is 5.97 Å². The average Bonchev–Trinajstić information content (AvgIpc) is 2.85. The molecule has 1 aliphatic heterocycles. The molecule has 0 bridgehead atoms. The van der Waals surface area contributed by atoms with E-state index in [2.05, 4.69) is 15.4 Å². The first kappa shape index (κ1) is 17.9. The van der Waals surface area contributed by atoms with Crippen molar-refractivity contribution >= 4 is 33.2 Å². The topological polar surface area (TPSA) is 125 Å². The fourth-order valence-corrected chi connectivity index (χ4v) is 5.20. The van der Waals surface area contributed by atoms with Crippen LogP contribution in [0.15, 0.2) is 4.21 Å². The van der Waals surface area contributed by atoms with Crippen LogP contribution < -0.4 is 15.4 Å². The zero-order chi connectivity index (χ0) is 17.2. The molecule has 10 heteroatoms. The lowest BCUT2D eigenvalue weighted by molar-refractivity contribution is -0.120. The van der Waals surface area contributed by atoms with Crippen LogP contribution in [0, 0.1) is 0 Å². The molecule has 1 aromatic heterocycles. The summed E-state index contributed by atoms with van der Waals surface area (Å²) in [5, 5.41) is 15.0. The molecule has 0 fully saturated rings. The number of thiophene rings is 1. The second-order valence-electron chi connectivity index (χ2n) is 5.44. The Morgan fingerprint density at radius 3 is 2.70 bits per heavy atom. The van der Waals surface area contributed by atoms with Crippen molar-refractivity contribution in [2.45, 2.75) is 37.1 Å². The van der Waals surface area contributed by atoms with Crippen LogP contribution in [0.4, 0.5) is 0 Å². The van der Waals surface area contributed by atoms with E-state index in [0.717, 1.165) is 11.3 Å². The second-order valence-corrected chi connectivity index (χ2v) is 8.51. The Balaban J connectivity index is 2.27. The van der Waals surface area contributed by atoms with Gasteiger partial charge in [-0.15, -0.1) is 11.3 Å². The van der Waals surface area contributed by atoms with Crippen molar-refractivity contribution in [3.8, 4) is 0 Å². The van der Waals surface area contributed by atoms with Gasteiger partial charge in [0.2, 0.25) is 5.91 Å².